The number of amides is 1. The molecule has 0 unspecified atom stereocenters. The van der Waals surface area contributed by atoms with Gasteiger partial charge < -0.3 is 9.88 Å². The van der Waals surface area contributed by atoms with Crippen molar-refractivity contribution < 1.29 is 18.0 Å². The Kier molecular flexibility index (Phi) is 5.13. The Morgan fingerprint density at radius 2 is 2.24 bits per heavy atom. The Labute approximate surface area is 150 Å². The summed E-state index contributed by atoms with van der Waals surface area (Å²) in [5, 5.41) is 9.11. The van der Waals surface area contributed by atoms with Crippen LogP contribution in [0.15, 0.2) is 23.4 Å². The first kappa shape index (κ1) is 17.9. The first-order valence-electron chi connectivity index (χ1n) is 7.50. The number of H-pyrrole nitrogens is 1. The number of halogens is 3. The van der Waals surface area contributed by atoms with Crippen LogP contribution < -0.4 is 5.32 Å². The number of pyridine rings is 1. The van der Waals surface area contributed by atoms with E-state index < -0.39 is 23.2 Å². The zero-order chi connectivity index (χ0) is 18.0. The molecule has 0 bridgehead atoms. The summed E-state index contributed by atoms with van der Waals surface area (Å²) in [4.78, 5) is 15.8. The minimum Gasteiger partial charge on any atom is -0.352 e. The number of carbonyl (C=O) groups excluding carboxylic acids is 1. The lowest BCUT2D eigenvalue weighted by Crippen LogP contribution is -2.27. The van der Waals surface area contributed by atoms with Crippen molar-refractivity contribution in [2.24, 2.45) is 0 Å². The minimum absolute atomic E-state index is 0.106. The molecule has 2 N–H and O–H groups in total. The fourth-order valence-electron chi connectivity index (χ4n) is 2.36. The zero-order valence-electron chi connectivity index (χ0n) is 12.8. The van der Waals surface area contributed by atoms with E-state index in [0.29, 0.717) is 17.2 Å². The molecular formula is C14H14F3N5OS2. The molecule has 1 saturated carbocycles. The molecular weight excluding hydrogens is 375 g/mol. The summed E-state index contributed by atoms with van der Waals surface area (Å²) >= 11 is 4.77. The molecule has 1 fully saturated rings. The number of hydrogen-bond donors (Lipinski definition) is 2. The normalized spacial score (nSPS) is 14.5. The lowest BCUT2D eigenvalue weighted by Gasteiger charge is -2.10. The molecule has 0 radical (unpaired) electrons. The number of alkyl halides is 3. The van der Waals surface area contributed by atoms with Crippen molar-refractivity contribution in [2.75, 3.05) is 6.54 Å². The lowest BCUT2D eigenvalue weighted by atomic mass is 10.2. The predicted molar refractivity (Wildman–Crippen MR) is 87.9 cm³/mol. The fourth-order valence-corrected chi connectivity index (χ4v) is 3.26. The summed E-state index contributed by atoms with van der Waals surface area (Å²) in [5.41, 5.74) is -4.61. The van der Waals surface area contributed by atoms with Crippen LogP contribution in [0.5, 0.6) is 0 Å². The van der Waals surface area contributed by atoms with Crippen LogP contribution in [0.1, 0.15) is 35.1 Å². The fraction of sp³-hybridized carbons (Fsp3) is 0.429. The predicted octanol–water partition coefficient (Wildman–Crippen LogP) is 3.25. The smallest absolute Gasteiger partial charge is 0.352 e. The van der Waals surface area contributed by atoms with Gasteiger partial charge in [-0.2, -0.15) is 18.3 Å². The molecule has 25 heavy (non-hydrogen) atoms. The largest absolute Gasteiger partial charge is 0.447 e. The third-order valence-electron chi connectivity index (χ3n) is 3.55. The first-order chi connectivity index (χ1) is 11.8. The van der Waals surface area contributed by atoms with Gasteiger partial charge in [0.1, 0.15) is 10.9 Å². The summed E-state index contributed by atoms with van der Waals surface area (Å²) in [5.74, 6) is 0.121. The highest BCUT2D eigenvalue weighted by Gasteiger charge is 2.32. The molecule has 0 aliphatic heterocycles. The molecule has 3 rings (SSSR count). The molecule has 1 aliphatic carbocycles. The average molecular weight is 389 g/mol. The van der Waals surface area contributed by atoms with Crippen molar-refractivity contribution in [1.29, 1.82) is 0 Å². The van der Waals surface area contributed by atoms with Gasteiger partial charge in [0.25, 0.3) is 5.91 Å². The van der Waals surface area contributed by atoms with Gasteiger partial charge in [0.15, 0.2) is 4.77 Å². The number of carbonyl (C=O) groups is 1. The van der Waals surface area contributed by atoms with E-state index in [1.165, 1.54) is 18.3 Å². The Bertz CT molecular complexity index is 828. The van der Waals surface area contributed by atoms with E-state index in [2.05, 4.69) is 20.5 Å². The number of thioether (sulfide) groups is 1. The third kappa shape index (κ3) is 4.60. The van der Waals surface area contributed by atoms with E-state index >= 15 is 0 Å². The number of nitrogens with one attached hydrogen (secondary N) is 2. The van der Waals surface area contributed by atoms with Gasteiger partial charge in [0.05, 0.1) is 5.56 Å². The Morgan fingerprint density at radius 1 is 1.48 bits per heavy atom. The molecule has 11 heteroatoms. The molecule has 2 heterocycles. The second kappa shape index (κ2) is 7.16. The van der Waals surface area contributed by atoms with Crippen molar-refractivity contribution in [3.05, 3.63) is 34.5 Å². The van der Waals surface area contributed by atoms with Crippen molar-refractivity contribution in [3.63, 3.8) is 0 Å². The summed E-state index contributed by atoms with van der Waals surface area (Å²) in [6, 6.07) is 3.09. The van der Waals surface area contributed by atoms with E-state index in [-0.39, 0.29) is 17.1 Å². The average Bonchev–Trinajstić information content (AvgIpc) is 3.30. The monoisotopic (exact) mass is 389 g/mol. The summed E-state index contributed by atoms with van der Waals surface area (Å²) in [6.07, 6.45) is 3.73. The van der Waals surface area contributed by atoms with E-state index in [1.54, 1.807) is 0 Å². The zero-order valence-corrected chi connectivity index (χ0v) is 14.5. The number of hydrogen-bond acceptors (Lipinski definition) is 5. The van der Waals surface area contributed by atoms with Gasteiger partial charge in [0, 0.05) is 37.0 Å². The summed E-state index contributed by atoms with van der Waals surface area (Å²) in [7, 11) is 0. The SMILES string of the molecule is O=C(NCCc1n[nH]c(=S)n1C1CC1)c1cccnc1SC(F)(F)F. The van der Waals surface area contributed by atoms with Crippen LogP contribution in [-0.2, 0) is 6.42 Å². The maximum Gasteiger partial charge on any atom is 0.447 e. The Balaban J connectivity index is 1.63. The quantitative estimate of drug-likeness (QED) is 0.586. The lowest BCUT2D eigenvalue weighted by molar-refractivity contribution is -0.0329. The second-order valence-corrected chi connectivity index (χ2v) is 6.90. The number of rotatable bonds is 6. The van der Waals surface area contributed by atoms with Gasteiger partial charge in [-0.3, -0.25) is 9.89 Å². The van der Waals surface area contributed by atoms with Gasteiger partial charge in [-0.15, -0.1) is 0 Å². The van der Waals surface area contributed by atoms with Crippen LogP contribution in [-0.4, -0.2) is 37.7 Å². The molecule has 2 aromatic heterocycles. The van der Waals surface area contributed by atoms with E-state index in [9.17, 15) is 18.0 Å². The molecule has 2 aromatic rings. The number of aromatic amines is 1. The number of nitrogens with zero attached hydrogens (tertiary/aromatic N) is 3. The van der Waals surface area contributed by atoms with Crippen molar-refractivity contribution in [1.82, 2.24) is 25.1 Å². The standard InChI is InChI=1S/C14H14F3N5OS2/c15-14(16,17)25-12-9(2-1-6-19-12)11(23)18-7-5-10-20-21-13(24)22(10)8-3-4-8/h1-2,6,8H,3-5,7H2,(H,18,23)(H,21,24). The topological polar surface area (TPSA) is 75.6 Å². The number of aromatic nitrogens is 4. The van der Waals surface area contributed by atoms with Crippen LogP contribution in [0.3, 0.4) is 0 Å². The van der Waals surface area contributed by atoms with Crippen molar-refractivity contribution in [3.8, 4) is 0 Å². The highest BCUT2D eigenvalue weighted by Crippen LogP contribution is 2.37. The molecule has 0 saturated heterocycles. The summed E-state index contributed by atoms with van der Waals surface area (Å²) < 4.78 is 40.1. The van der Waals surface area contributed by atoms with Crippen LogP contribution >= 0.6 is 24.0 Å². The first-order valence-corrected chi connectivity index (χ1v) is 8.72. The maximum atomic E-state index is 12.6. The molecule has 1 aliphatic rings. The highest BCUT2D eigenvalue weighted by atomic mass is 32.2. The van der Waals surface area contributed by atoms with Crippen molar-refractivity contribution >= 4 is 29.9 Å². The van der Waals surface area contributed by atoms with Crippen LogP contribution in [0, 0.1) is 4.77 Å². The van der Waals surface area contributed by atoms with Crippen LogP contribution in [0.25, 0.3) is 0 Å². The van der Waals surface area contributed by atoms with E-state index in [1.807, 2.05) is 4.57 Å². The van der Waals surface area contributed by atoms with Crippen LogP contribution in [0.2, 0.25) is 0 Å². The molecule has 0 aromatic carbocycles. The molecule has 0 spiro atoms. The third-order valence-corrected chi connectivity index (χ3v) is 4.59. The van der Waals surface area contributed by atoms with Gasteiger partial charge in [0.2, 0.25) is 0 Å². The van der Waals surface area contributed by atoms with E-state index in [4.69, 9.17) is 12.2 Å². The Hall–Kier alpha value is -1.88. The highest BCUT2D eigenvalue weighted by molar-refractivity contribution is 8.00. The van der Waals surface area contributed by atoms with E-state index in [0.717, 1.165) is 18.7 Å². The Morgan fingerprint density at radius 3 is 2.92 bits per heavy atom. The van der Waals surface area contributed by atoms with Crippen LogP contribution in [0.4, 0.5) is 13.2 Å². The molecule has 134 valence electrons. The second-order valence-electron chi connectivity index (χ2n) is 5.46. The van der Waals surface area contributed by atoms with Crippen molar-refractivity contribution in [2.45, 2.75) is 35.8 Å². The maximum absolute atomic E-state index is 12.6. The molecule has 0 atom stereocenters. The molecule has 6 nitrogen and oxygen atoms in total. The summed E-state index contributed by atoms with van der Waals surface area (Å²) in [6.45, 7) is 0.232. The van der Waals surface area contributed by atoms with Gasteiger partial charge in [-0.25, -0.2) is 4.98 Å². The minimum atomic E-state index is -4.51. The molecule has 1 amide bonds. The van der Waals surface area contributed by atoms with Gasteiger partial charge in [-0.1, -0.05) is 0 Å². The van der Waals surface area contributed by atoms with Gasteiger partial charge >= 0.3 is 5.51 Å². The van der Waals surface area contributed by atoms with Gasteiger partial charge in [-0.05, 0) is 37.2 Å².